The monoisotopic (exact) mass is 284 g/mol. The maximum Gasteiger partial charge on any atom is 0.227 e. The minimum atomic E-state index is 0. The van der Waals surface area contributed by atoms with E-state index >= 15 is 0 Å². The largest absolute Gasteiger partial charge is 0.492 e. The van der Waals surface area contributed by atoms with Gasteiger partial charge in [0.15, 0.2) is 0 Å². The lowest BCUT2D eigenvalue weighted by Gasteiger charge is -2.11. The van der Waals surface area contributed by atoms with Crippen molar-refractivity contribution < 1.29 is 9.53 Å². The van der Waals surface area contributed by atoms with Crippen molar-refractivity contribution in [1.29, 1.82) is 0 Å². The van der Waals surface area contributed by atoms with E-state index in [4.69, 9.17) is 10.5 Å². The second kappa shape index (κ2) is 8.02. The summed E-state index contributed by atoms with van der Waals surface area (Å²) in [7, 11) is 0. The molecule has 1 aliphatic carbocycles. The predicted octanol–water partition coefficient (Wildman–Crippen LogP) is 2.57. The van der Waals surface area contributed by atoms with E-state index in [-0.39, 0.29) is 24.2 Å². The minimum absolute atomic E-state index is 0. The normalized spacial score (nSPS) is 14.8. The summed E-state index contributed by atoms with van der Waals surface area (Å²) in [5.74, 6) is 1.11. The molecule has 0 saturated heterocycles. The van der Waals surface area contributed by atoms with Gasteiger partial charge in [0, 0.05) is 18.2 Å². The van der Waals surface area contributed by atoms with Crippen molar-refractivity contribution in [2.24, 2.45) is 11.7 Å². The lowest BCUT2D eigenvalue weighted by molar-refractivity contribution is -0.119. The van der Waals surface area contributed by atoms with Gasteiger partial charge in [-0.1, -0.05) is 12.8 Å². The fraction of sp³-hybridized carbons (Fsp3) is 0.500. The van der Waals surface area contributed by atoms with Gasteiger partial charge in [0.2, 0.25) is 5.91 Å². The van der Waals surface area contributed by atoms with Crippen molar-refractivity contribution in [2.75, 3.05) is 18.5 Å². The van der Waals surface area contributed by atoms with Crippen molar-refractivity contribution in [3.63, 3.8) is 0 Å². The third kappa shape index (κ3) is 4.73. The molecule has 0 aromatic heterocycles. The Morgan fingerprint density at radius 3 is 2.47 bits per heavy atom. The number of nitrogens with two attached hydrogens (primary N) is 1. The molecule has 5 heteroatoms. The smallest absolute Gasteiger partial charge is 0.227 e. The molecule has 0 unspecified atom stereocenters. The number of nitrogens with one attached hydrogen (secondary N) is 1. The number of anilines is 1. The Kier molecular flexibility index (Phi) is 6.67. The quantitative estimate of drug-likeness (QED) is 0.873. The Hall–Kier alpha value is -1.26. The van der Waals surface area contributed by atoms with Gasteiger partial charge in [-0.2, -0.15) is 0 Å². The standard InChI is InChI=1S/C14H20N2O2.ClH/c15-9-10-18-13-7-5-12(6-8-13)16-14(17)11-3-1-2-4-11;/h5-8,11H,1-4,9-10,15H2,(H,16,17);1H. The van der Waals surface area contributed by atoms with Crippen molar-refractivity contribution in [2.45, 2.75) is 25.7 Å². The summed E-state index contributed by atoms with van der Waals surface area (Å²) in [6.07, 6.45) is 4.38. The van der Waals surface area contributed by atoms with E-state index in [9.17, 15) is 4.79 Å². The lowest BCUT2D eigenvalue weighted by Crippen LogP contribution is -2.20. The van der Waals surface area contributed by atoms with Gasteiger partial charge in [0.25, 0.3) is 0 Å². The summed E-state index contributed by atoms with van der Waals surface area (Å²) >= 11 is 0. The summed E-state index contributed by atoms with van der Waals surface area (Å²) in [4.78, 5) is 11.9. The summed E-state index contributed by atoms with van der Waals surface area (Å²) in [6, 6.07) is 7.41. The summed E-state index contributed by atoms with van der Waals surface area (Å²) in [6.45, 7) is 1.01. The maximum atomic E-state index is 11.9. The first-order chi connectivity index (χ1) is 8.79. The van der Waals surface area contributed by atoms with Gasteiger partial charge in [-0.15, -0.1) is 12.4 Å². The predicted molar refractivity (Wildman–Crippen MR) is 78.8 cm³/mol. The van der Waals surface area contributed by atoms with Crippen molar-refractivity contribution in [3.05, 3.63) is 24.3 Å². The van der Waals surface area contributed by atoms with E-state index < -0.39 is 0 Å². The van der Waals surface area contributed by atoms with E-state index in [2.05, 4.69) is 5.32 Å². The molecular formula is C14H21ClN2O2. The average Bonchev–Trinajstić information content (AvgIpc) is 2.92. The molecular weight excluding hydrogens is 264 g/mol. The zero-order chi connectivity index (χ0) is 12.8. The maximum absolute atomic E-state index is 11.9. The van der Waals surface area contributed by atoms with Crippen molar-refractivity contribution in [1.82, 2.24) is 0 Å². The molecule has 0 bridgehead atoms. The molecule has 0 aliphatic heterocycles. The van der Waals surface area contributed by atoms with E-state index in [0.717, 1.165) is 24.3 Å². The molecule has 4 nitrogen and oxygen atoms in total. The number of hydrogen-bond donors (Lipinski definition) is 2. The SMILES string of the molecule is Cl.NCCOc1ccc(NC(=O)C2CCCC2)cc1. The Morgan fingerprint density at radius 2 is 1.89 bits per heavy atom. The summed E-state index contributed by atoms with van der Waals surface area (Å²) < 4.78 is 5.38. The molecule has 0 atom stereocenters. The van der Waals surface area contributed by atoms with Crippen LogP contribution in [-0.4, -0.2) is 19.1 Å². The van der Waals surface area contributed by atoms with Crippen LogP contribution in [0.15, 0.2) is 24.3 Å². The first-order valence-corrected chi connectivity index (χ1v) is 6.53. The molecule has 19 heavy (non-hydrogen) atoms. The van der Waals surface area contributed by atoms with Gasteiger partial charge in [0.05, 0.1) is 0 Å². The number of halogens is 1. The van der Waals surface area contributed by atoms with E-state index in [1.807, 2.05) is 24.3 Å². The number of hydrogen-bond acceptors (Lipinski definition) is 3. The molecule has 3 N–H and O–H groups in total. The van der Waals surface area contributed by atoms with Crippen molar-refractivity contribution >= 4 is 24.0 Å². The third-order valence-electron chi connectivity index (χ3n) is 3.23. The minimum Gasteiger partial charge on any atom is -0.492 e. The Balaban J connectivity index is 0.00000180. The molecule has 0 radical (unpaired) electrons. The van der Waals surface area contributed by atoms with Gasteiger partial charge >= 0.3 is 0 Å². The highest BCUT2D eigenvalue weighted by Gasteiger charge is 2.22. The molecule has 1 amide bonds. The number of carbonyl (C=O) groups excluding carboxylic acids is 1. The fourth-order valence-electron chi connectivity index (χ4n) is 2.24. The Labute approximate surface area is 120 Å². The Morgan fingerprint density at radius 1 is 1.26 bits per heavy atom. The highest BCUT2D eigenvalue weighted by molar-refractivity contribution is 5.92. The van der Waals surface area contributed by atoms with Gasteiger partial charge in [-0.25, -0.2) is 0 Å². The first kappa shape index (κ1) is 15.8. The van der Waals surface area contributed by atoms with Crippen molar-refractivity contribution in [3.8, 4) is 5.75 Å². The van der Waals surface area contributed by atoms with Crippen LogP contribution in [0.2, 0.25) is 0 Å². The lowest BCUT2D eigenvalue weighted by atomic mass is 10.1. The molecule has 2 rings (SSSR count). The number of ether oxygens (including phenoxy) is 1. The van der Waals surface area contributed by atoms with E-state index in [0.29, 0.717) is 13.2 Å². The topological polar surface area (TPSA) is 64.3 Å². The fourth-order valence-corrected chi connectivity index (χ4v) is 2.24. The van der Waals surface area contributed by atoms with Gasteiger partial charge < -0.3 is 15.8 Å². The zero-order valence-corrected chi connectivity index (χ0v) is 11.7. The van der Waals surface area contributed by atoms with Crippen LogP contribution >= 0.6 is 12.4 Å². The van der Waals surface area contributed by atoms with Gasteiger partial charge in [-0.3, -0.25) is 4.79 Å². The van der Waals surface area contributed by atoms with Crippen LogP contribution < -0.4 is 15.8 Å². The number of carbonyl (C=O) groups is 1. The first-order valence-electron chi connectivity index (χ1n) is 6.53. The van der Waals surface area contributed by atoms with Crippen LogP contribution in [-0.2, 0) is 4.79 Å². The van der Waals surface area contributed by atoms with Gasteiger partial charge in [0.1, 0.15) is 12.4 Å². The highest BCUT2D eigenvalue weighted by Crippen LogP contribution is 2.26. The Bertz CT molecular complexity index is 389. The van der Waals surface area contributed by atoms with Crippen LogP contribution in [0.1, 0.15) is 25.7 Å². The zero-order valence-electron chi connectivity index (χ0n) is 10.9. The number of amides is 1. The third-order valence-corrected chi connectivity index (χ3v) is 3.23. The van der Waals surface area contributed by atoms with Crippen LogP contribution in [0.4, 0.5) is 5.69 Å². The average molecular weight is 285 g/mol. The van der Waals surface area contributed by atoms with Gasteiger partial charge in [-0.05, 0) is 37.1 Å². The molecule has 1 aromatic carbocycles. The number of benzene rings is 1. The molecule has 106 valence electrons. The van der Waals surface area contributed by atoms with Crippen LogP contribution in [0.5, 0.6) is 5.75 Å². The second-order valence-corrected chi connectivity index (χ2v) is 4.63. The molecule has 0 heterocycles. The second-order valence-electron chi connectivity index (χ2n) is 4.63. The van der Waals surface area contributed by atoms with Crippen LogP contribution in [0.3, 0.4) is 0 Å². The molecule has 1 fully saturated rings. The molecule has 1 aromatic rings. The number of rotatable bonds is 5. The summed E-state index contributed by atoms with van der Waals surface area (Å²) in [5, 5.41) is 2.95. The van der Waals surface area contributed by atoms with Crippen LogP contribution in [0.25, 0.3) is 0 Å². The van der Waals surface area contributed by atoms with Crippen LogP contribution in [0, 0.1) is 5.92 Å². The highest BCUT2D eigenvalue weighted by atomic mass is 35.5. The summed E-state index contributed by atoms with van der Waals surface area (Å²) in [5.41, 5.74) is 6.19. The van der Waals surface area contributed by atoms with E-state index in [1.165, 1.54) is 12.8 Å². The molecule has 1 aliphatic rings. The molecule has 0 spiro atoms. The molecule has 1 saturated carbocycles. The van der Waals surface area contributed by atoms with E-state index in [1.54, 1.807) is 0 Å².